The van der Waals surface area contributed by atoms with Gasteiger partial charge in [0.15, 0.2) is 0 Å². The largest absolute Gasteiger partial charge is 0.414 e. The summed E-state index contributed by atoms with van der Waals surface area (Å²) in [6, 6.07) is 0. The third kappa shape index (κ3) is 4.98. The summed E-state index contributed by atoms with van der Waals surface area (Å²) in [5.41, 5.74) is -0.709. The highest BCUT2D eigenvalue weighted by Gasteiger charge is 2.35. The van der Waals surface area contributed by atoms with Crippen molar-refractivity contribution in [1.82, 2.24) is 0 Å². The van der Waals surface area contributed by atoms with Gasteiger partial charge < -0.3 is 0 Å². The van der Waals surface area contributed by atoms with Gasteiger partial charge in [-0.3, -0.25) is 0 Å². The minimum atomic E-state index is -4.33. The highest BCUT2D eigenvalue weighted by Crippen LogP contribution is 2.30. The van der Waals surface area contributed by atoms with Crippen LogP contribution in [0.15, 0.2) is 23.8 Å². The van der Waals surface area contributed by atoms with Crippen molar-refractivity contribution in [3.8, 4) is 0 Å². The van der Waals surface area contributed by atoms with Crippen molar-refractivity contribution >= 4 is 11.6 Å². The Bertz CT molecular complexity index is 201. The number of allylic oxidation sites excluding steroid dienone is 4. The van der Waals surface area contributed by atoms with Gasteiger partial charge in [-0.1, -0.05) is 25.2 Å². The highest BCUT2D eigenvalue weighted by atomic mass is 35.5. The molecule has 0 N–H and O–H groups in total. The molecule has 13 heavy (non-hydrogen) atoms. The van der Waals surface area contributed by atoms with Crippen LogP contribution < -0.4 is 0 Å². The van der Waals surface area contributed by atoms with Crippen LogP contribution in [0.25, 0.3) is 0 Å². The van der Waals surface area contributed by atoms with Crippen LogP contribution in [0.4, 0.5) is 13.2 Å². The Morgan fingerprint density at radius 2 is 2.00 bits per heavy atom. The molecule has 0 bridgehead atoms. The normalized spacial score (nSPS) is 16.6. The summed E-state index contributed by atoms with van der Waals surface area (Å²) in [5, 5.41) is -1.01. The first-order chi connectivity index (χ1) is 5.89. The van der Waals surface area contributed by atoms with Gasteiger partial charge in [0.2, 0.25) is 0 Å². The zero-order valence-corrected chi connectivity index (χ0v) is 8.28. The third-order valence-corrected chi connectivity index (χ3v) is 1.64. The van der Waals surface area contributed by atoms with E-state index in [0.717, 1.165) is 6.08 Å². The lowest BCUT2D eigenvalue weighted by molar-refractivity contribution is -0.0930. The molecule has 0 spiro atoms. The Hall–Kier alpha value is -0.440. The van der Waals surface area contributed by atoms with Gasteiger partial charge in [-0.2, -0.15) is 13.2 Å². The molecule has 0 aliphatic carbocycles. The fourth-order valence-electron chi connectivity index (χ4n) is 0.760. The first kappa shape index (κ1) is 12.6. The van der Waals surface area contributed by atoms with Gasteiger partial charge in [0.25, 0.3) is 0 Å². The van der Waals surface area contributed by atoms with Crippen LogP contribution in [-0.4, -0.2) is 11.6 Å². The smallest absolute Gasteiger partial charge is 0.166 e. The van der Waals surface area contributed by atoms with E-state index in [1.165, 1.54) is 13.0 Å². The van der Waals surface area contributed by atoms with Crippen molar-refractivity contribution in [2.24, 2.45) is 0 Å². The lowest BCUT2D eigenvalue weighted by Crippen LogP contribution is -2.18. The molecule has 0 amide bonds. The van der Waals surface area contributed by atoms with Gasteiger partial charge in [-0.05, 0) is 13.3 Å². The van der Waals surface area contributed by atoms with E-state index in [0.29, 0.717) is 6.42 Å². The Balaban J connectivity index is 4.62. The summed E-state index contributed by atoms with van der Waals surface area (Å²) >= 11 is 5.39. The molecule has 0 aromatic carbocycles. The maximum Gasteiger partial charge on any atom is 0.414 e. The van der Waals surface area contributed by atoms with Gasteiger partial charge >= 0.3 is 6.18 Å². The van der Waals surface area contributed by atoms with Crippen molar-refractivity contribution in [3.05, 3.63) is 23.8 Å². The number of hydrogen-bond donors (Lipinski definition) is 0. The fraction of sp³-hybridized carbons (Fsp3) is 0.556. The summed E-state index contributed by atoms with van der Waals surface area (Å²) in [4.78, 5) is 0. The first-order valence-corrected chi connectivity index (χ1v) is 4.41. The molecule has 0 aliphatic heterocycles. The second-order valence-corrected chi connectivity index (χ2v) is 3.23. The zero-order valence-electron chi connectivity index (χ0n) is 7.53. The quantitative estimate of drug-likeness (QED) is 0.489. The van der Waals surface area contributed by atoms with Gasteiger partial charge in [0.05, 0.1) is 11.0 Å². The minimum absolute atomic E-state index is 0.707. The fourth-order valence-corrected chi connectivity index (χ4v) is 0.957. The topological polar surface area (TPSA) is 0 Å². The van der Waals surface area contributed by atoms with Crippen LogP contribution in [-0.2, 0) is 0 Å². The maximum atomic E-state index is 12.2. The van der Waals surface area contributed by atoms with Gasteiger partial charge in [-0.15, -0.1) is 11.6 Å². The van der Waals surface area contributed by atoms with Crippen molar-refractivity contribution in [1.29, 1.82) is 0 Å². The van der Waals surface area contributed by atoms with Crippen molar-refractivity contribution < 1.29 is 13.2 Å². The van der Waals surface area contributed by atoms with Crippen LogP contribution in [0.1, 0.15) is 20.3 Å². The van der Waals surface area contributed by atoms with Gasteiger partial charge in [-0.25, -0.2) is 0 Å². The van der Waals surface area contributed by atoms with E-state index in [4.69, 9.17) is 11.6 Å². The summed E-state index contributed by atoms with van der Waals surface area (Å²) in [6.07, 6.45) is 0.408. The molecule has 1 unspecified atom stereocenters. The van der Waals surface area contributed by atoms with E-state index >= 15 is 0 Å². The Morgan fingerprint density at radius 1 is 1.46 bits per heavy atom. The predicted octanol–water partition coefficient (Wildman–Crippen LogP) is 4.07. The number of alkyl halides is 4. The third-order valence-electron chi connectivity index (χ3n) is 1.40. The van der Waals surface area contributed by atoms with E-state index in [9.17, 15) is 13.2 Å². The van der Waals surface area contributed by atoms with E-state index in [2.05, 4.69) is 0 Å². The second-order valence-electron chi connectivity index (χ2n) is 2.57. The molecule has 0 saturated carbocycles. The van der Waals surface area contributed by atoms with Crippen LogP contribution in [0.2, 0.25) is 0 Å². The SMILES string of the molecule is CC/C=C\C=C(/C(C)Cl)C(F)(F)F. The van der Waals surface area contributed by atoms with E-state index in [1.807, 2.05) is 6.92 Å². The molecule has 0 fully saturated rings. The summed E-state index contributed by atoms with van der Waals surface area (Å²) < 4.78 is 36.6. The summed E-state index contributed by atoms with van der Waals surface area (Å²) in [7, 11) is 0. The van der Waals surface area contributed by atoms with E-state index in [-0.39, 0.29) is 0 Å². The standard InChI is InChI=1S/C9H12ClF3/c1-3-4-5-6-8(7(2)10)9(11,12)13/h4-7H,3H2,1-2H3/b5-4-,8-6+. The molecule has 0 saturated heterocycles. The van der Waals surface area contributed by atoms with Crippen LogP contribution in [0.5, 0.6) is 0 Å². The number of hydrogen-bond acceptors (Lipinski definition) is 0. The van der Waals surface area contributed by atoms with Gasteiger partial charge in [0.1, 0.15) is 0 Å². The van der Waals surface area contributed by atoms with Crippen molar-refractivity contribution in [3.63, 3.8) is 0 Å². The van der Waals surface area contributed by atoms with Crippen LogP contribution in [0.3, 0.4) is 0 Å². The zero-order chi connectivity index (χ0) is 10.5. The highest BCUT2D eigenvalue weighted by molar-refractivity contribution is 6.22. The number of rotatable bonds is 3. The molecule has 0 aromatic heterocycles. The Morgan fingerprint density at radius 3 is 2.31 bits per heavy atom. The number of halogens is 4. The molecule has 1 atom stereocenters. The summed E-state index contributed by atoms with van der Waals surface area (Å²) in [5.74, 6) is 0. The van der Waals surface area contributed by atoms with E-state index in [1.54, 1.807) is 6.08 Å². The maximum absolute atomic E-state index is 12.2. The average molecular weight is 213 g/mol. The molecule has 0 aliphatic rings. The lowest BCUT2D eigenvalue weighted by atomic mass is 10.1. The van der Waals surface area contributed by atoms with Gasteiger partial charge in [0, 0.05) is 0 Å². The van der Waals surface area contributed by atoms with Crippen LogP contribution >= 0.6 is 11.6 Å². The molecule has 0 heterocycles. The van der Waals surface area contributed by atoms with Crippen molar-refractivity contribution in [2.45, 2.75) is 31.8 Å². The van der Waals surface area contributed by atoms with Crippen molar-refractivity contribution in [2.75, 3.05) is 0 Å². The molecule has 0 radical (unpaired) electrons. The Labute approximate surface area is 81.1 Å². The average Bonchev–Trinajstić information content (AvgIpc) is 1.94. The molecule has 76 valence electrons. The molecular weight excluding hydrogens is 201 g/mol. The Kier molecular flexibility index (Phi) is 5.14. The van der Waals surface area contributed by atoms with E-state index < -0.39 is 17.1 Å². The monoisotopic (exact) mass is 212 g/mol. The molecule has 0 aromatic rings. The lowest BCUT2D eigenvalue weighted by Gasteiger charge is -2.12. The molecule has 0 rings (SSSR count). The first-order valence-electron chi connectivity index (χ1n) is 3.97. The second kappa shape index (κ2) is 5.32. The predicted molar refractivity (Wildman–Crippen MR) is 48.9 cm³/mol. The minimum Gasteiger partial charge on any atom is -0.166 e. The molecule has 4 heteroatoms. The summed E-state index contributed by atoms with van der Waals surface area (Å²) in [6.45, 7) is 3.16. The molecular formula is C9H12ClF3. The molecule has 0 nitrogen and oxygen atoms in total. The van der Waals surface area contributed by atoms with Crippen LogP contribution in [0, 0.1) is 0 Å².